The van der Waals surface area contributed by atoms with Gasteiger partial charge in [0.05, 0.1) is 4.90 Å². The van der Waals surface area contributed by atoms with Crippen LogP contribution < -0.4 is 4.72 Å². The van der Waals surface area contributed by atoms with Crippen LogP contribution in [0.5, 0.6) is 0 Å². The summed E-state index contributed by atoms with van der Waals surface area (Å²) in [5.74, 6) is 0.398. The average Bonchev–Trinajstić information content (AvgIpc) is 3.12. The zero-order chi connectivity index (χ0) is 13.3. The highest BCUT2D eigenvalue weighted by atomic mass is 32.2. The van der Waals surface area contributed by atoms with Crippen molar-refractivity contribution in [3.05, 3.63) is 29.8 Å². The standard InChI is InChI=1S/C13H17NO3S/c1-9(11-3-4-11)14-18(16,17)13-7-5-12(6-8-13)10(2)15/h5-9,11,14H,3-4H2,1-2H3/t9-/m0/s1. The average molecular weight is 267 g/mol. The van der Waals surface area contributed by atoms with Gasteiger partial charge in [0.2, 0.25) is 10.0 Å². The van der Waals surface area contributed by atoms with Crippen LogP contribution >= 0.6 is 0 Å². The van der Waals surface area contributed by atoms with Crippen LogP contribution in [0.15, 0.2) is 29.2 Å². The van der Waals surface area contributed by atoms with E-state index < -0.39 is 10.0 Å². The molecule has 0 amide bonds. The van der Waals surface area contributed by atoms with Crippen molar-refractivity contribution in [1.82, 2.24) is 4.72 Å². The zero-order valence-electron chi connectivity index (χ0n) is 10.5. The minimum Gasteiger partial charge on any atom is -0.295 e. The lowest BCUT2D eigenvalue weighted by atomic mass is 10.2. The van der Waals surface area contributed by atoms with Gasteiger partial charge in [0.25, 0.3) is 0 Å². The summed E-state index contributed by atoms with van der Waals surface area (Å²) < 4.78 is 26.8. The molecule has 1 N–H and O–H groups in total. The van der Waals surface area contributed by atoms with Crippen LogP contribution in [-0.4, -0.2) is 20.2 Å². The largest absolute Gasteiger partial charge is 0.295 e. The Kier molecular flexibility index (Phi) is 3.54. The van der Waals surface area contributed by atoms with Crippen LogP contribution in [0, 0.1) is 5.92 Å². The van der Waals surface area contributed by atoms with Gasteiger partial charge in [0, 0.05) is 11.6 Å². The summed E-state index contributed by atoms with van der Waals surface area (Å²) in [4.78, 5) is 11.3. The molecule has 1 atom stereocenters. The molecule has 2 rings (SSSR count). The molecule has 0 unspecified atom stereocenters. The van der Waals surface area contributed by atoms with Crippen LogP contribution in [-0.2, 0) is 10.0 Å². The predicted molar refractivity (Wildman–Crippen MR) is 69.0 cm³/mol. The van der Waals surface area contributed by atoms with Crippen molar-refractivity contribution in [2.75, 3.05) is 0 Å². The Morgan fingerprint density at radius 3 is 2.28 bits per heavy atom. The number of rotatable bonds is 5. The van der Waals surface area contributed by atoms with Gasteiger partial charge in [-0.3, -0.25) is 4.79 Å². The maximum absolute atomic E-state index is 12.1. The van der Waals surface area contributed by atoms with E-state index in [2.05, 4.69) is 4.72 Å². The van der Waals surface area contributed by atoms with E-state index in [0.717, 1.165) is 12.8 Å². The Hall–Kier alpha value is -1.20. The van der Waals surface area contributed by atoms with E-state index in [1.807, 2.05) is 6.92 Å². The van der Waals surface area contributed by atoms with Crippen molar-refractivity contribution in [3.8, 4) is 0 Å². The first-order chi connectivity index (χ1) is 8.40. The van der Waals surface area contributed by atoms with Gasteiger partial charge in [-0.2, -0.15) is 0 Å². The number of carbonyl (C=O) groups is 1. The van der Waals surface area contributed by atoms with Crippen LogP contribution in [0.4, 0.5) is 0 Å². The van der Waals surface area contributed by atoms with Gasteiger partial charge in [-0.05, 0) is 44.7 Å². The second-order valence-electron chi connectivity index (χ2n) is 4.83. The Morgan fingerprint density at radius 1 is 1.28 bits per heavy atom. The van der Waals surface area contributed by atoms with Gasteiger partial charge in [0.15, 0.2) is 5.78 Å². The number of benzene rings is 1. The lowest BCUT2D eigenvalue weighted by Gasteiger charge is -2.13. The summed E-state index contributed by atoms with van der Waals surface area (Å²) >= 11 is 0. The van der Waals surface area contributed by atoms with Crippen molar-refractivity contribution >= 4 is 15.8 Å². The van der Waals surface area contributed by atoms with E-state index in [1.54, 1.807) is 12.1 Å². The molecule has 0 bridgehead atoms. The second kappa shape index (κ2) is 4.82. The molecular weight excluding hydrogens is 250 g/mol. The molecule has 1 aromatic carbocycles. The van der Waals surface area contributed by atoms with Gasteiger partial charge in [-0.15, -0.1) is 0 Å². The monoisotopic (exact) mass is 267 g/mol. The molecule has 4 nitrogen and oxygen atoms in total. The Labute approximate surface area is 107 Å². The number of sulfonamides is 1. The molecule has 0 aliphatic heterocycles. The van der Waals surface area contributed by atoms with Crippen LogP contribution in [0.1, 0.15) is 37.0 Å². The Morgan fingerprint density at radius 2 is 1.83 bits per heavy atom. The van der Waals surface area contributed by atoms with E-state index in [4.69, 9.17) is 0 Å². The quantitative estimate of drug-likeness (QED) is 0.830. The normalized spacial score (nSPS) is 17.4. The number of nitrogens with one attached hydrogen (secondary N) is 1. The van der Waals surface area contributed by atoms with Crippen LogP contribution in [0.25, 0.3) is 0 Å². The van der Waals surface area contributed by atoms with Crippen LogP contribution in [0.3, 0.4) is 0 Å². The smallest absolute Gasteiger partial charge is 0.240 e. The predicted octanol–water partition coefficient (Wildman–Crippen LogP) is 1.97. The SMILES string of the molecule is CC(=O)c1ccc(S(=O)(=O)N[C@@H](C)C2CC2)cc1. The first kappa shape index (κ1) is 13.2. The van der Waals surface area contributed by atoms with Crippen molar-refractivity contribution in [3.63, 3.8) is 0 Å². The lowest BCUT2D eigenvalue weighted by molar-refractivity contribution is 0.101. The summed E-state index contributed by atoms with van der Waals surface area (Å²) in [6.07, 6.45) is 2.18. The van der Waals surface area contributed by atoms with Crippen molar-refractivity contribution in [2.45, 2.75) is 37.6 Å². The van der Waals surface area contributed by atoms with Gasteiger partial charge >= 0.3 is 0 Å². The first-order valence-electron chi connectivity index (χ1n) is 6.03. The molecule has 1 saturated carbocycles. The fourth-order valence-electron chi connectivity index (χ4n) is 1.87. The van der Waals surface area contributed by atoms with Gasteiger partial charge in [0.1, 0.15) is 0 Å². The molecule has 0 saturated heterocycles. The lowest BCUT2D eigenvalue weighted by Crippen LogP contribution is -2.34. The number of carbonyl (C=O) groups excluding carboxylic acids is 1. The molecule has 0 spiro atoms. The molecule has 18 heavy (non-hydrogen) atoms. The van der Waals surface area contributed by atoms with E-state index in [1.165, 1.54) is 19.1 Å². The summed E-state index contributed by atoms with van der Waals surface area (Å²) in [6.45, 7) is 3.34. The highest BCUT2D eigenvalue weighted by Gasteiger charge is 2.31. The van der Waals surface area contributed by atoms with Crippen molar-refractivity contribution in [1.29, 1.82) is 0 Å². The summed E-state index contributed by atoms with van der Waals surface area (Å²) in [5, 5.41) is 0. The Balaban J connectivity index is 2.15. The molecule has 98 valence electrons. The Bertz CT molecular complexity index is 544. The molecule has 1 fully saturated rings. The summed E-state index contributed by atoms with van der Waals surface area (Å²) in [7, 11) is -3.47. The number of ketones is 1. The first-order valence-corrected chi connectivity index (χ1v) is 7.52. The molecule has 0 heterocycles. The summed E-state index contributed by atoms with van der Waals surface area (Å²) in [5.41, 5.74) is 0.518. The highest BCUT2D eigenvalue weighted by molar-refractivity contribution is 7.89. The van der Waals surface area contributed by atoms with E-state index in [-0.39, 0.29) is 16.7 Å². The third kappa shape index (κ3) is 2.97. The summed E-state index contributed by atoms with van der Waals surface area (Å²) in [6, 6.07) is 6.00. The van der Waals surface area contributed by atoms with Gasteiger partial charge in [-0.1, -0.05) is 12.1 Å². The molecule has 0 aromatic heterocycles. The topological polar surface area (TPSA) is 63.2 Å². The van der Waals surface area contributed by atoms with Crippen molar-refractivity contribution < 1.29 is 13.2 Å². The minimum absolute atomic E-state index is 0.0255. The maximum atomic E-state index is 12.1. The number of Topliss-reactive ketones (excluding diaryl/α,β-unsaturated/α-hetero) is 1. The number of hydrogen-bond acceptors (Lipinski definition) is 3. The fourth-order valence-corrected chi connectivity index (χ4v) is 3.19. The third-order valence-electron chi connectivity index (χ3n) is 3.24. The number of hydrogen-bond donors (Lipinski definition) is 1. The molecule has 0 radical (unpaired) electrons. The second-order valence-corrected chi connectivity index (χ2v) is 6.54. The van der Waals surface area contributed by atoms with Crippen LogP contribution in [0.2, 0.25) is 0 Å². The molecular formula is C13H17NO3S. The van der Waals surface area contributed by atoms with E-state index >= 15 is 0 Å². The van der Waals surface area contributed by atoms with E-state index in [0.29, 0.717) is 11.5 Å². The zero-order valence-corrected chi connectivity index (χ0v) is 11.3. The van der Waals surface area contributed by atoms with Crippen molar-refractivity contribution in [2.24, 2.45) is 5.92 Å². The molecule has 1 aliphatic carbocycles. The minimum atomic E-state index is -3.47. The third-order valence-corrected chi connectivity index (χ3v) is 4.82. The molecule has 1 aliphatic rings. The fraction of sp³-hybridized carbons (Fsp3) is 0.462. The highest BCUT2D eigenvalue weighted by Crippen LogP contribution is 2.33. The molecule has 5 heteroatoms. The molecule has 1 aromatic rings. The maximum Gasteiger partial charge on any atom is 0.240 e. The van der Waals surface area contributed by atoms with Gasteiger partial charge in [-0.25, -0.2) is 13.1 Å². The van der Waals surface area contributed by atoms with Gasteiger partial charge < -0.3 is 0 Å². The van der Waals surface area contributed by atoms with E-state index in [9.17, 15) is 13.2 Å².